The molecular weight excluding hydrogens is 491 g/mol. The molecule has 0 bridgehead atoms. The van der Waals surface area contributed by atoms with Crippen molar-refractivity contribution in [2.24, 2.45) is 4.99 Å². The minimum absolute atomic E-state index is 0. The Kier molecular flexibility index (Phi) is 12.1. The Bertz CT molecular complexity index is 694. The summed E-state index contributed by atoms with van der Waals surface area (Å²) in [6, 6.07) is 6.57. The van der Waals surface area contributed by atoms with E-state index in [0.717, 1.165) is 56.2 Å². The maximum Gasteiger partial charge on any atom is 0.222 e. The highest BCUT2D eigenvalue weighted by Crippen LogP contribution is 2.22. The summed E-state index contributed by atoms with van der Waals surface area (Å²) in [6.07, 6.45) is 3.74. The van der Waals surface area contributed by atoms with Crippen LogP contribution >= 0.6 is 24.0 Å². The molecule has 1 amide bonds. The average molecular weight is 530 g/mol. The van der Waals surface area contributed by atoms with Crippen molar-refractivity contribution in [2.45, 2.75) is 79.0 Å². The quantitative estimate of drug-likeness (QED) is 0.270. The number of likely N-dealkylation sites (tertiary alicyclic amines) is 1. The number of benzene rings is 1. The van der Waals surface area contributed by atoms with Crippen LogP contribution in [0, 0.1) is 6.92 Å². The zero-order valence-corrected chi connectivity index (χ0v) is 21.5. The van der Waals surface area contributed by atoms with Gasteiger partial charge in [-0.2, -0.15) is 0 Å². The lowest BCUT2D eigenvalue weighted by molar-refractivity contribution is -0.129. The molecule has 2 rings (SSSR count). The number of carbonyl (C=O) groups excluding carboxylic acids is 1. The van der Waals surface area contributed by atoms with Gasteiger partial charge in [0.15, 0.2) is 5.96 Å². The largest absolute Gasteiger partial charge is 0.491 e. The first-order chi connectivity index (χ1) is 13.9. The first-order valence-electron chi connectivity index (χ1n) is 11.0. The highest BCUT2D eigenvalue weighted by Gasteiger charge is 2.26. The number of nitrogens with zero attached hydrogens (tertiary/aromatic N) is 2. The normalized spacial score (nSPS) is 15.2. The lowest BCUT2D eigenvalue weighted by atomic mass is 10.1. The van der Waals surface area contributed by atoms with E-state index in [0.29, 0.717) is 24.9 Å². The van der Waals surface area contributed by atoms with Crippen LogP contribution in [0.3, 0.4) is 0 Å². The van der Waals surface area contributed by atoms with Crippen molar-refractivity contribution in [3.05, 3.63) is 29.3 Å². The van der Waals surface area contributed by atoms with Gasteiger partial charge in [-0.1, -0.05) is 19.1 Å². The second-order valence-electron chi connectivity index (χ2n) is 7.94. The molecule has 170 valence electrons. The average Bonchev–Trinajstić information content (AvgIpc) is 3.09. The van der Waals surface area contributed by atoms with E-state index in [-0.39, 0.29) is 30.1 Å². The van der Waals surface area contributed by atoms with Crippen molar-refractivity contribution in [1.82, 2.24) is 15.5 Å². The molecule has 2 N–H and O–H groups in total. The fourth-order valence-corrected chi connectivity index (χ4v) is 3.65. The van der Waals surface area contributed by atoms with Gasteiger partial charge in [0.05, 0.1) is 12.6 Å². The summed E-state index contributed by atoms with van der Waals surface area (Å²) in [4.78, 5) is 18.8. The number of rotatable bonds is 10. The van der Waals surface area contributed by atoms with Gasteiger partial charge in [-0.3, -0.25) is 4.79 Å². The van der Waals surface area contributed by atoms with Crippen molar-refractivity contribution in [2.75, 3.05) is 19.6 Å². The molecule has 0 aliphatic carbocycles. The Labute approximate surface area is 199 Å². The lowest BCUT2D eigenvalue weighted by Crippen LogP contribution is -2.42. The van der Waals surface area contributed by atoms with E-state index in [2.05, 4.69) is 49.6 Å². The van der Waals surface area contributed by atoms with Gasteiger partial charge < -0.3 is 20.3 Å². The Hall–Kier alpha value is -1.51. The molecule has 0 saturated carbocycles. The molecular formula is C23H39IN4O2. The van der Waals surface area contributed by atoms with Gasteiger partial charge >= 0.3 is 0 Å². The first kappa shape index (κ1) is 26.5. The Morgan fingerprint density at radius 2 is 2.03 bits per heavy atom. The fourth-order valence-electron chi connectivity index (χ4n) is 3.65. The lowest BCUT2D eigenvalue weighted by Gasteiger charge is -2.27. The SMILES string of the molecule is CCNC(=NCc1ccc(C)cc1OC(C)C)NCCC(CC)N1CCCC1=O.I. The number of amides is 1. The molecule has 6 nitrogen and oxygen atoms in total. The summed E-state index contributed by atoms with van der Waals surface area (Å²) in [5.74, 6) is 2.00. The number of halogens is 1. The maximum atomic E-state index is 12.0. The zero-order valence-electron chi connectivity index (χ0n) is 19.2. The highest BCUT2D eigenvalue weighted by molar-refractivity contribution is 14.0. The molecule has 7 heteroatoms. The minimum atomic E-state index is 0. The molecule has 1 saturated heterocycles. The van der Waals surface area contributed by atoms with Gasteiger partial charge in [0.1, 0.15) is 5.75 Å². The summed E-state index contributed by atoms with van der Waals surface area (Å²) in [6.45, 7) is 13.4. The number of nitrogens with one attached hydrogen (secondary N) is 2. The smallest absolute Gasteiger partial charge is 0.222 e. The number of aliphatic imine (C=N–C) groups is 1. The molecule has 0 radical (unpaired) electrons. The number of hydrogen-bond acceptors (Lipinski definition) is 3. The fraction of sp³-hybridized carbons (Fsp3) is 0.652. The standard InChI is InChI=1S/C23H38N4O2.HI/c1-6-20(27-14-8-9-22(27)28)12-13-25-23(24-7-2)26-16-19-11-10-18(5)15-21(19)29-17(3)4;/h10-11,15,17,20H,6-9,12-14,16H2,1-5H3,(H2,24,25,26);1H. The number of hydrogen-bond donors (Lipinski definition) is 2. The van der Waals surface area contributed by atoms with E-state index in [9.17, 15) is 4.79 Å². The van der Waals surface area contributed by atoms with Crippen molar-refractivity contribution in [3.8, 4) is 5.75 Å². The van der Waals surface area contributed by atoms with Crippen molar-refractivity contribution in [3.63, 3.8) is 0 Å². The monoisotopic (exact) mass is 530 g/mol. The predicted octanol–water partition coefficient (Wildman–Crippen LogP) is 4.25. The van der Waals surface area contributed by atoms with E-state index in [1.54, 1.807) is 0 Å². The Balaban J connectivity index is 0.00000450. The molecule has 1 unspecified atom stereocenters. The van der Waals surface area contributed by atoms with Crippen LogP contribution in [0.25, 0.3) is 0 Å². The first-order valence-corrected chi connectivity index (χ1v) is 11.0. The van der Waals surface area contributed by atoms with Gasteiger partial charge in [0.25, 0.3) is 0 Å². The van der Waals surface area contributed by atoms with Crippen molar-refractivity contribution >= 4 is 35.8 Å². The molecule has 0 spiro atoms. The molecule has 1 aromatic carbocycles. The molecule has 0 aromatic heterocycles. The number of carbonyl (C=O) groups is 1. The summed E-state index contributed by atoms with van der Waals surface area (Å²) < 4.78 is 5.97. The van der Waals surface area contributed by atoms with E-state index in [1.165, 1.54) is 5.56 Å². The summed E-state index contributed by atoms with van der Waals surface area (Å²) in [5.41, 5.74) is 2.26. The van der Waals surface area contributed by atoms with Crippen LogP contribution < -0.4 is 15.4 Å². The van der Waals surface area contributed by atoms with Crippen LogP contribution in [-0.2, 0) is 11.3 Å². The van der Waals surface area contributed by atoms with Crippen molar-refractivity contribution in [1.29, 1.82) is 0 Å². The summed E-state index contributed by atoms with van der Waals surface area (Å²) >= 11 is 0. The highest BCUT2D eigenvalue weighted by atomic mass is 127. The minimum Gasteiger partial charge on any atom is -0.491 e. The van der Waals surface area contributed by atoms with Gasteiger partial charge in [-0.15, -0.1) is 24.0 Å². The van der Waals surface area contributed by atoms with Crippen LogP contribution in [0.1, 0.15) is 64.5 Å². The zero-order chi connectivity index (χ0) is 21.2. The second-order valence-corrected chi connectivity index (χ2v) is 7.94. The maximum absolute atomic E-state index is 12.0. The molecule has 1 aliphatic heterocycles. The summed E-state index contributed by atoms with van der Waals surface area (Å²) in [7, 11) is 0. The molecule has 1 aromatic rings. The molecule has 30 heavy (non-hydrogen) atoms. The summed E-state index contributed by atoms with van der Waals surface area (Å²) in [5, 5.41) is 6.74. The van der Waals surface area contributed by atoms with Crippen LogP contribution in [0.2, 0.25) is 0 Å². The Morgan fingerprint density at radius 3 is 2.63 bits per heavy atom. The third kappa shape index (κ3) is 8.32. The van der Waals surface area contributed by atoms with Gasteiger partial charge in [0, 0.05) is 37.7 Å². The third-order valence-corrected chi connectivity index (χ3v) is 5.13. The topological polar surface area (TPSA) is 66.0 Å². The van der Waals surface area contributed by atoms with E-state index in [4.69, 9.17) is 9.73 Å². The van der Waals surface area contributed by atoms with Gasteiger partial charge in [0.2, 0.25) is 5.91 Å². The molecule has 1 heterocycles. The number of aryl methyl sites for hydroxylation is 1. The van der Waals surface area contributed by atoms with Crippen LogP contribution in [0.4, 0.5) is 0 Å². The molecule has 1 aliphatic rings. The van der Waals surface area contributed by atoms with Crippen LogP contribution in [-0.4, -0.2) is 48.5 Å². The number of guanidine groups is 1. The van der Waals surface area contributed by atoms with Crippen LogP contribution in [0.5, 0.6) is 5.75 Å². The third-order valence-electron chi connectivity index (χ3n) is 5.13. The van der Waals surface area contributed by atoms with Gasteiger partial charge in [-0.05, 0) is 58.6 Å². The van der Waals surface area contributed by atoms with E-state index >= 15 is 0 Å². The number of ether oxygens (including phenoxy) is 1. The second kappa shape index (κ2) is 13.7. The molecule has 1 atom stereocenters. The van der Waals surface area contributed by atoms with Gasteiger partial charge in [-0.25, -0.2) is 4.99 Å². The predicted molar refractivity (Wildman–Crippen MR) is 135 cm³/mol. The Morgan fingerprint density at radius 1 is 1.27 bits per heavy atom. The van der Waals surface area contributed by atoms with E-state index in [1.807, 2.05) is 18.7 Å². The molecule has 1 fully saturated rings. The van der Waals surface area contributed by atoms with E-state index < -0.39 is 0 Å². The van der Waals surface area contributed by atoms with Crippen molar-refractivity contribution < 1.29 is 9.53 Å². The van der Waals surface area contributed by atoms with Crippen LogP contribution in [0.15, 0.2) is 23.2 Å².